The van der Waals surface area contributed by atoms with Crippen molar-refractivity contribution in [3.63, 3.8) is 0 Å². The minimum absolute atomic E-state index is 0.0946. The van der Waals surface area contributed by atoms with Gasteiger partial charge in [0, 0.05) is 45.3 Å². The number of carbonyl (C=O) groups excluding carboxylic acids is 3. The Morgan fingerprint density at radius 2 is 1.63 bits per heavy atom. The first-order valence-corrected chi connectivity index (χ1v) is 11.2. The minimum Gasteiger partial charge on any atom is -0.352 e. The van der Waals surface area contributed by atoms with Gasteiger partial charge < -0.3 is 15.1 Å². The molecule has 4 rings (SSSR count). The number of piperazine rings is 1. The molecule has 0 aromatic heterocycles. The third-order valence-corrected chi connectivity index (χ3v) is 6.32. The number of carbonyl (C=O) groups is 3. The second-order valence-corrected chi connectivity index (χ2v) is 8.78. The predicted octanol–water partition coefficient (Wildman–Crippen LogP) is 0.891. The lowest BCUT2D eigenvalue weighted by atomic mass is 9.95. The fourth-order valence-corrected chi connectivity index (χ4v) is 4.38. The molecule has 1 N–H and O–H groups in total. The standard InChI is InChI=1S/C23H32N4O3/c28-21(24-20-8-9-20)17-25-11-13-26(14-12-25)23(30)19-7-4-10-27(16-19)22(29)15-18-5-2-1-3-6-18/h1-3,5-6,19-20H,4,7-17H2,(H,24,28). The first-order valence-electron chi connectivity index (χ1n) is 11.2. The molecule has 1 atom stereocenters. The van der Waals surface area contributed by atoms with Crippen LogP contribution in [0.5, 0.6) is 0 Å². The summed E-state index contributed by atoms with van der Waals surface area (Å²) < 4.78 is 0. The molecule has 3 fully saturated rings. The van der Waals surface area contributed by atoms with Crippen LogP contribution in [0.3, 0.4) is 0 Å². The molecule has 1 aliphatic carbocycles. The van der Waals surface area contributed by atoms with E-state index in [0.717, 1.165) is 50.9 Å². The van der Waals surface area contributed by atoms with Crippen LogP contribution >= 0.6 is 0 Å². The molecule has 3 amide bonds. The van der Waals surface area contributed by atoms with Crippen LogP contribution in [0.25, 0.3) is 0 Å². The second-order valence-electron chi connectivity index (χ2n) is 8.78. The lowest BCUT2D eigenvalue weighted by Crippen LogP contribution is -2.54. The van der Waals surface area contributed by atoms with Gasteiger partial charge >= 0.3 is 0 Å². The van der Waals surface area contributed by atoms with E-state index in [4.69, 9.17) is 0 Å². The summed E-state index contributed by atoms with van der Waals surface area (Å²) in [6, 6.07) is 10.2. The van der Waals surface area contributed by atoms with Crippen molar-refractivity contribution < 1.29 is 14.4 Å². The highest BCUT2D eigenvalue weighted by atomic mass is 16.2. The molecule has 2 heterocycles. The quantitative estimate of drug-likeness (QED) is 0.753. The van der Waals surface area contributed by atoms with E-state index in [2.05, 4.69) is 10.2 Å². The molecule has 3 aliphatic rings. The van der Waals surface area contributed by atoms with Gasteiger partial charge in [-0.25, -0.2) is 0 Å². The molecule has 0 spiro atoms. The van der Waals surface area contributed by atoms with Crippen LogP contribution in [0.4, 0.5) is 0 Å². The molecule has 1 saturated carbocycles. The van der Waals surface area contributed by atoms with Crippen molar-refractivity contribution in [2.24, 2.45) is 5.92 Å². The first-order chi connectivity index (χ1) is 14.6. The number of hydrogen-bond donors (Lipinski definition) is 1. The zero-order valence-corrected chi connectivity index (χ0v) is 17.6. The summed E-state index contributed by atoms with van der Waals surface area (Å²) in [5.41, 5.74) is 1.01. The Hall–Kier alpha value is -2.41. The van der Waals surface area contributed by atoms with Crippen molar-refractivity contribution in [1.29, 1.82) is 0 Å². The van der Waals surface area contributed by atoms with Crippen LogP contribution in [0, 0.1) is 5.92 Å². The van der Waals surface area contributed by atoms with E-state index < -0.39 is 0 Å². The molecular formula is C23H32N4O3. The van der Waals surface area contributed by atoms with E-state index in [9.17, 15) is 14.4 Å². The Morgan fingerprint density at radius 3 is 2.33 bits per heavy atom. The second kappa shape index (κ2) is 9.60. The van der Waals surface area contributed by atoms with Crippen molar-refractivity contribution in [2.45, 2.75) is 38.1 Å². The lowest BCUT2D eigenvalue weighted by molar-refractivity contribution is -0.142. The molecule has 0 radical (unpaired) electrons. The number of nitrogens with one attached hydrogen (secondary N) is 1. The highest BCUT2D eigenvalue weighted by Crippen LogP contribution is 2.21. The number of piperidine rings is 1. The Morgan fingerprint density at radius 1 is 0.900 bits per heavy atom. The summed E-state index contributed by atoms with van der Waals surface area (Å²) in [7, 11) is 0. The smallest absolute Gasteiger partial charge is 0.234 e. The zero-order valence-electron chi connectivity index (χ0n) is 17.6. The van der Waals surface area contributed by atoms with E-state index in [1.807, 2.05) is 40.1 Å². The van der Waals surface area contributed by atoms with Gasteiger partial charge in [-0.2, -0.15) is 0 Å². The molecule has 2 saturated heterocycles. The largest absolute Gasteiger partial charge is 0.352 e. The van der Waals surface area contributed by atoms with Crippen LogP contribution in [0.15, 0.2) is 30.3 Å². The number of rotatable bonds is 6. The summed E-state index contributed by atoms with van der Waals surface area (Å²) in [6.45, 7) is 4.45. The zero-order chi connectivity index (χ0) is 20.9. The van der Waals surface area contributed by atoms with Gasteiger partial charge in [0.05, 0.1) is 18.9 Å². The highest BCUT2D eigenvalue weighted by Gasteiger charge is 2.33. The van der Waals surface area contributed by atoms with Gasteiger partial charge in [0.15, 0.2) is 0 Å². The Kier molecular flexibility index (Phi) is 6.67. The van der Waals surface area contributed by atoms with Crippen LogP contribution in [0.2, 0.25) is 0 Å². The normalized spacial score (nSPS) is 22.6. The average Bonchev–Trinajstić information content (AvgIpc) is 3.58. The maximum absolute atomic E-state index is 13.1. The Labute approximate surface area is 178 Å². The highest BCUT2D eigenvalue weighted by molar-refractivity contribution is 5.82. The van der Waals surface area contributed by atoms with Gasteiger partial charge in [0.1, 0.15) is 0 Å². The SMILES string of the molecule is O=C(CN1CCN(C(=O)C2CCCN(C(=O)Cc3ccccc3)C2)CC1)NC1CC1. The van der Waals surface area contributed by atoms with Gasteiger partial charge in [-0.1, -0.05) is 30.3 Å². The van der Waals surface area contributed by atoms with Gasteiger partial charge in [-0.05, 0) is 31.2 Å². The summed E-state index contributed by atoms with van der Waals surface area (Å²) >= 11 is 0. The number of benzene rings is 1. The van der Waals surface area contributed by atoms with Crippen molar-refractivity contribution >= 4 is 17.7 Å². The lowest BCUT2D eigenvalue weighted by Gasteiger charge is -2.39. The molecule has 162 valence electrons. The minimum atomic E-state index is -0.108. The number of nitrogens with zero attached hydrogens (tertiary/aromatic N) is 3. The van der Waals surface area contributed by atoms with E-state index in [1.54, 1.807) is 0 Å². The van der Waals surface area contributed by atoms with Crippen LogP contribution in [0.1, 0.15) is 31.2 Å². The number of amides is 3. The molecule has 2 aliphatic heterocycles. The third-order valence-electron chi connectivity index (χ3n) is 6.32. The molecule has 7 nitrogen and oxygen atoms in total. The van der Waals surface area contributed by atoms with E-state index >= 15 is 0 Å². The summed E-state index contributed by atoms with van der Waals surface area (Å²) in [6.07, 6.45) is 4.31. The predicted molar refractivity (Wildman–Crippen MR) is 114 cm³/mol. The molecule has 1 aromatic rings. The fourth-order valence-electron chi connectivity index (χ4n) is 4.38. The van der Waals surface area contributed by atoms with Crippen LogP contribution in [-0.2, 0) is 20.8 Å². The summed E-state index contributed by atoms with van der Waals surface area (Å²) in [5, 5.41) is 3.02. The van der Waals surface area contributed by atoms with E-state index in [-0.39, 0.29) is 23.6 Å². The maximum atomic E-state index is 13.1. The van der Waals surface area contributed by atoms with Crippen molar-refractivity contribution in [3.05, 3.63) is 35.9 Å². The first kappa shape index (κ1) is 20.8. The van der Waals surface area contributed by atoms with Gasteiger partial charge in [0.25, 0.3) is 0 Å². The topological polar surface area (TPSA) is 73.0 Å². The molecule has 0 bridgehead atoms. The number of likely N-dealkylation sites (tertiary alicyclic amines) is 1. The van der Waals surface area contributed by atoms with Gasteiger partial charge in [0.2, 0.25) is 17.7 Å². The molecule has 30 heavy (non-hydrogen) atoms. The number of hydrogen-bond acceptors (Lipinski definition) is 4. The monoisotopic (exact) mass is 412 g/mol. The molecule has 1 aromatic carbocycles. The van der Waals surface area contributed by atoms with Gasteiger partial charge in [-0.3, -0.25) is 19.3 Å². The molecular weight excluding hydrogens is 380 g/mol. The molecule has 7 heteroatoms. The van der Waals surface area contributed by atoms with E-state index in [1.165, 1.54) is 0 Å². The van der Waals surface area contributed by atoms with Crippen molar-refractivity contribution in [1.82, 2.24) is 20.0 Å². The fraction of sp³-hybridized carbons (Fsp3) is 0.609. The summed E-state index contributed by atoms with van der Waals surface area (Å²) in [4.78, 5) is 43.6. The van der Waals surface area contributed by atoms with E-state index in [0.29, 0.717) is 38.6 Å². The average molecular weight is 413 g/mol. The van der Waals surface area contributed by atoms with Gasteiger partial charge in [-0.15, -0.1) is 0 Å². The summed E-state index contributed by atoms with van der Waals surface area (Å²) in [5.74, 6) is 0.250. The third kappa shape index (κ3) is 5.59. The van der Waals surface area contributed by atoms with Crippen molar-refractivity contribution in [3.8, 4) is 0 Å². The Balaban J connectivity index is 1.23. The van der Waals surface area contributed by atoms with Crippen LogP contribution < -0.4 is 5.32 Å². The molecule has 1 unspecified atom stereocenters. The Bertz CT molecular complexity index is 757. The maximum Gasteiger partial charge on any atom is 0.234 e. The van der Waals surface area contributed by atoms with Crippen molar-refractivity contribution in [2.75, 3.05) is 45.8 Å². The van der Waals surface area contributed by atoms with Crippen LogP contribution in [-0.4, -0.2) is 84.3 Å².